The molecule has 9 nitrogen and oxygen atoms in total. The number of benzene rings is 3. The maximum Gasteiger partial charge on any atom is 0.340 e. The molecule has 0 spiro atoms. The first kappa shape index (κ1) is 23.8. The minimum absolute atomic E-state index is 0.0916. The Morgan fingerprint density at radius 3 is 2.51 bits per heavy atom. The van der Waals surface area contributed by atoms with E-state index in [9.17, 15) is 9.59 Å². The van der Waals surface area contributed by atoms with Crippen LogP contribution in [0, 0.1) is 0 Å². The van der Waals surface area contributed by atoms with Crippen molar-refractivity contribution >= 4 is 29.2 Å². The molecular weight excluding hydrogens is 474 g/mol. The van der Waals surface area contributed by atoms with Crippen LogP contribution < -0.4 is 14.8 Å². The van der Waals surface area contributed by atoms with Crippen LogP contribution in [0.5, 0.6) is 11.5 Å². The van der Waals surface area contributed by atoms with Crippen molar-refractivity contribution in [2.75, 3.05) is 19.5 Å². The molecule has 35 heavy (non-hydrogen) atoms. The second-order valence-electron chi connectivity index (χ2n) is 7.16. The number of ether oxygens (including phenoxy) is 3. The van der Waals surface area contributed by atoms with Crippen LogP contribution in [0.25, 0.3) is 11.4 Å². The molecule has 0 saturated carbocycles. The van der Waals surface area contributed by atoms with Gasteiger partial charge in [-0.25, -0.2) is 4.79 Å². The number of carbonyl (C=O) groups excluding carboxylic acids is 2. The smallest absolute Gasteiger partial charge is 0.340 e. The number of rotatable bonds is 8. The first-order valence-corrected chi connectivity index (χ1v) is 10.7. The number of esters is 1. The number of hydrogen-bond donors (Lipinski definition) is 1. The van der Waals surface area contributed by atoms with Crippen molar-refractivity contribution in [2.45, 2.75) is 6.61 Å². The lowest BCUT2D eigenvalue weighted by atomic mass is 10.1. The van der Waals surface area contributed by atoms with Gasteiger partial charge in [0.1, 0.15) is 11.5 Å². The van der Waals surface area contributed by atoms with Gasteiger partial charge in [-0.3, -0.25) is 4.79 Å². The molecule has 0 aliphatic heterocycles. The number of hydrogen-bond acceptors (Lipinski definition) is 8. The molecule has 1 aromatic heterocycles. The number of nitrogens with zero attached hydrogens (tertiary/aromatic N) is 2. The second-order valence-corrected chi connectivity index (χ2v) is 7.60. The van der Waals surface area contributed by atoms with E-state index in [1.807, 2.05) is 0 Å². The number of anilines is 1. The summed E-state index contributed by atoms with van der Waals surface area (Å²) in [6.45, 7) is -0.260. The summed E-state index contributed by atoms with van der Waals surface area (Å²) in [5.74, 6) is 0.417. The lowest BCUT2D eigenvalue weighted by Crippen LogP contribution is -2.15. The van der Waals surface area contributed by atoms with Gasteiger partial charge in [0.2, 0.25) is 5.82 Å². The topological polar surface area (TPSA) is 113 Å². The molecule has 3 aromatic carbocycles. The van der Waals surface area contributed by atoms with Crippen LogP contribution in [-0.2, 0) is 11.3 Å². The summed E-state index contributed by atoms with van der Waals surface area (Å²) >= 11 is 5.87. The maximum atomic E-state index is 12.7. The highest BCUT2D eigenvalue weighted by Gasteiger charge is 2.18. The fourth-order valence-electron chi connectivity index (χ4n) is 3.18. The van der Waals surface area contributed by atoms with Crippen molar-refractivity contribution in [3.63, 3.8) is 0 Å². The molecule has 0 saturated heterocycles. The summed E-state index contributed by atoms with van der Waals surface area (Å²) in [6, 6.07) is 18.1. The van der Waals surface area contributed by atoms with Gasteiger partial charge in [-0.1, -0.05) is 28.9 Å². The van der Waals surface area contributed by atoms with Gasteiger partial charge >= 0.3 is 5.97 Å². The number of para-hydroxylation sites is 1. The van der Waals surface area contributed by atoms with Crippen LogP contribution in [0.1, 0.15) is 26.6 Å². The summed E-state index contributed by atoms with van der Waals surface area (Å²) in [5.41, 5.74) is 1.45. The Kier molecular flexibility index (Phi) is 7.27. The van der Waals surface area contributed by atoms with Crippen LogP contribution in [0.4, 0.5) is 5.69 Å². The van der Waals surface area contributed by atoms with Crippen LogP contribution >= 0.6 is 11.6 Å². The first-order chi connectivity index (χ1) is 17.0. The molecule has 0 unspecified atom stereocenters. The molecule has 1 N–H and O–H groups in total. The zero-order chi connectivity index (χ0) is 24.8. The summed E-state index contributed by atoms with van der Waals surface area (Å²) in [4.78, 5) is 29.6. The van der Waals surface area contributed by atoms with Crippen molar-refractivity contribution in [2.24, 2.45) is 0 Å². The Labute approximate surface area is 205 Å². The Balaban J connectivity index is 1.44. The summed E-state index contributed by atoms with van der Waals surface area (Å²) < 4.78 is 21.1. The first-order valence-electron chi connectivity index (χ1n) is 10.4. The van der Waals surface area contributed by atoms with Gasteiger partial charge in [-0.15, -0.1) is 0 Å². The molecule has 4 aromatic rings. The van der Waals surface area contributed by atoms with E-state index in [-0.39, 0.29) is 23.9 Å². The van der Waals surface area contributed by atoms with Crippen LogP contribution in [-0.4, -0.2) is 36.2 Å². The molecule has 0 fully saturated rings. The van der Waals surface area contributed by atoms with E-state index in [1.54, 1.807) is 73.8 Å². The Morgan fingerprint density at radius 2 is 1.77 bits per heavy atom. The Hall–Kier alpha value is -4.37. The van der Waals surface area contributed by atoms with E-state index in [2.05, 4.69) is 15.5 Å². The lowest BCUT2D eigenvalue weighted by Gasteiger charge is -2.10. The van der Waals surface area contributed by atoms with Gasteiger partial charge in [0, 0.05) is 16.7 Å². The predicted molar refractivity (Wildman–Crippen MR) is 128 cm³/mol. The van der Waals surface area contributed by atoms with Gasteiger partial charge < -0.3 is 24.1 Å². The molecular formula is C25H20ClN3O6. The van der Waals surface area contributed by atoms with Gasteiger partial charge in [0.05, 0.1) is 31.0 Å². The fourth-order valence-corrected chi connectivity index (χ4v) is 3.30. The number of nitrogens with one attached hydrogen (secondary N) is 1. The highest BCUT2D eigenvalue weighted by Crippen LogP contribution is 2.31. The molecule has 1 heterocycles. The largest absolute Gasteiger partial charge is 0.497 e. The van der Waals surface area contributed by atoms with Gasteiger partial charge in [-0.05, 0) is 48.5 Å². The van der Waals surface area contributed by atoms with Crippen molar-refractivity contribution in [1.29, 1.82) is 0 Å². The quantitative estimate of drug-likeness (QED) is 0.340. The Morgan fingerprint density at radius 1 is 1.00 bits per heavy atom. The number of aromatic nitrogens is 2. The zero-order valence-electron chi connectivity index (χ0n) is 18.8. The summed E-state index contributed by atoms with van der Waals surface area (Å²) in [6.07, 6.45) is 0. The molecule has 1 amide bonds. The molecule has 0 radical (unpaired) electrons. The van der Waals surface area contributed by atoms with Crippen LogP contribution in [0.3, 0.4) is 0 Å². The molecule has 0 aliphatic carbocycles. The van der Waals surface area contributed by atoms with Gasteiger partial charge in [-0.2, -0.15) is 4.98 Å². The number of methoxy groups -OCH3 is 2. The summed E-state index contributed by atoms with van der Waals surface area (Å²) in [5, 5.41) is 7.16. The van der Waals surface area contributed by atoms with Crippen LogP contribution in [0.2, 0.25) is 5.02 Å². The molecule has 4 rings (SSSR count). The van der Waals surface area contributed by atoms with Crippen molar-refractivity contribution < 1.29 is 28.3 Å². The minimum atomic E-state index is -0.668. The minimum Gasteiger partial charge on any atom is -0.497 e. The SMILES string of the molecule is COc1ccc(-c2noc(COC(=O)c3ccccc3NC(=O)c3ccc(Cl)cc3)n2)c(OC)c1. The number of amides is 1. The molecule has 10 heteroatoms. The monoisotopic (exact) mass is 493 g/mol. The third-order valence-corrected chi connectivity index (χ3v) is 5.20. The zero-order valence-corrected chi connectivity index (χ0v) is 19.5. The highest BCUT2D eigenvalue weighted by molar-refractivity contribution is 6.30. The van der Waals surface area contributed by atoms with E-state index < -0.39 is 11.9 Å². The van der Waals surface area contributed by atoms with E-state index >= 15 is 0 Å². The van der Waals surface area contributed by atoms with E-state index in [0.29, 0.717) is 33.3 Å². The average Bonchev–Trinajstić information content (AvgIpc) is 3.36. The number of halogens is 1. The molecule has 0 aliphatic rings. The predicted octanol–water partition coefficient (Wildman–Crippen LogP) is 5.02. The lowest BCUT2D eigenvalue weighted by molar-refractivity contribution is 0.0431. The maximum absolute atomic E-state index is 12.7. The third kappa shape index (κ3) is 5.59. The van der Waals surface area contributed by atoms with Gasteiger partial charge in [0.25, 0.3) is 11.8 Å². The van der Waals surface area contributed by atoms with Gasteiger partial charge in [0.15, 0.2) is 6.61 Å². The number of carbonyl (C=O) groups is 2. The van der Waals surface area contributed by atoms with E-state index in [1.165, 1.54) is 7.11 Å². The van der Waals surface area contributed by atoms with Crippen molar-refractivity contribution in [3.05, 3.63) is 88.8 Å². The Bertz CT molecular complexity index is 1350. The van der Waals surface area contributed by atoms with E-state index in [0.717, 1.165) is 0 Å². The van der Waals surface area contributed by atoms with Crippen molar-refractivity contribution in [3.8, 4) is 22.9 Å². The average molecular weight is 494 g/mol. The molecule has 0 bridgehead atoms. The molecule has 178 valence electrons. The van der Waals surface area contributed by atoms with Crippen molar-refractivity contribution in [1.82, 2.24) is 10.1 Å². The third-order valence-electron chi connectivity index (χ3n) is 4.95. The van der Waals surface area contributed by atoms with E-state index in [4.69, 9.17) is 30.3 Å². The standard InChI is InChI=1S/C25H20ClN3O6/c1-32-17-11-12-19(21(13-17)33-2)23-28-22(35-29-23)14-34-25(31)18-5-3-4-6-20(18)27-24(30)15-7-9-16(26)10-8-15/h3-13H,14H2,1-2H3,(H,27,30). The second kappa shape index (κ2) is 10.7. The fraction of sp³-hybridized carbons (Fsp3) is 0.120. The molecule has 0 atom stereocenters. The highest BCUT2D eigenvalue weighted by atomic mass is 35.5. The normalized spacial score (nSPS) is 10.5. The summed E-state index contributed by atoms with van der Waals surface area (Å²) in [7, 11) is 3.07. The van der Waals surface area contributed by atoms with Crippen LogP contribution in [0.15, 0.2) is 71.3 Å².